The average molecular weight is 1850 g/mol. The maximum absolute atomic E-state index is 13.5. The fourth-order valence-electron chi connectivity index (χ4n) is 14.6. The van der Waals surface area contributed by atoms with E-state index in [1.807, 2.05) is 128 Å². The average Bonchev–Trinajstić information content (AvgIpc) is 1.70. The number of anilines is 10. The van der Waals surface area contributed by atoms with Gasteiger partial charge in [-0.3, -0.25) is 88.4 Å². The second kappa shape index (κ2) is 40.5. The highest BCUT2D eigenvalue weighted by Gasteiger charge is 2.44. The first-order valence-electron chi connectivity index (χ1n) is 42.7. The number of carbonyl (C=O) groups excluding carboxylic acids is 10. The fraction of sp³-hybridized carbons (Fsp3) is 0.415. The Morgan fingerprint density at radius 2 is 0.594 bits per heavy atom. The van der Waals surface area contributed by atoms with Crippen molar-refractivity contribution < 1.29 is 110 Å². The molecule has 10 heterocycles. The molecule has 0 saturated carbocycles. The Labute approximate surface area is 760 Å². The number of carbonyl (C=O) groups is 10. The molecule has 5 N–H and O–H groups in total. The summed E-state index contributed by atoms with van der Waals surface area (Å²) in [5.41, 5.74) is 4.05. The molecule has 39 heteroatoms. The van der Waals surface area contributed by atoms with Crippen LogP contribution in [0.4, 0.5) is 92.8 Å². The van der Waals surface area contributed by atoms with Crippen molar-refractivity contribution in [3.8, 4) is 0 Å². The molecule has 5 aliphatic rings. The van der Waals surface area contributed by atoms with Crippen molar-refractivity contribution in [2.24, 2.45) is 0 Å². The lowest BCUT2D eigenvalue weighted by atomic mass is 9.92. The Kier molecular flexibility index (Phi) is 30.4. The molecule has 5 saturated heterocycles. The molecule has 708 valence electrons. The number of ether oxygens (including phenoxy) is 1. The maximum atomic E-state index is 13.5. The molecule has 31 nitrogen and oxygen atoms in total. The summed E-state index contributed by atoms with van der Waals surface area (Å²) in [6.07, 6.45) is 2.44. The molecule has 5 atom stereocenters. The Balaban J connectivity index is 0.000000160. The molecule has 15 rings (SSSR count). The molecule has 0 bridgehead atoms. The number of nitrogens with one attached hydrogen (secondary N) is 5. The molecule has 0 radical (unpaired) electrons. The van der Waals surface area contributed by atoms with Gasteiger partial charge >= 0.3 is 0 Å². The van der Waals surface area contributed by atoms with Gasteiger partial charge in [-0.15, -0.1) is 0 Å². The number of halogens is 8. The van der Waals surface area contributed by atoms with Crippen molar-refractivity contribution in [1.82, 2.24) is 25.8 Å². The van der Waals surface area contributed by atoms with Crippen LogP contribution in [0.5, 0.6) is 0 Å². The van der Waals surface area contributed by atoms with E-state index in [4.69, 9.17) is 27.4 Å². The molecule has 10 amide bonds. The number of aryl methyl sites for hydroxylation is 2. The quantitative estimate of drug-likeness (QED) is 0.0417. The first-order valence-corrected chi connectivity index (χ1v) is 42.7. The zero-order valence-electron chi connectivity index (χ0n) is 76.7. The van der Waals surface area contributed by atoms with Gasteiger partial charge in [-0.1, -0.05) is 142 Å². The number of rotatable bonds is 17. The normalized spacial score (nSPS) is 17.5. The standard InChI is InChI=1S/C20H25N3O4.2C19H22FN3O3.2C18H18F3N3O3/c1-20(2,3)16-11-17(27-22-16)21-19(25)15-9-10-18(24)23(15)14-7-5-13(6-8-14)12-26-4;1-11-9-12(5-6-13(11)20)23-14(7-8-17(23)24)18(25)21-16-10-15(26-22-16)19(2,3)4;1-11-9-12(5-6-13(11)20)23-14(7-8-17(23)24)18(25)21-16-10-15(22-26-16)19(2,3)4;1-18(2,3)13-8-14(23-27-13)22-17(26)12-4-5-15(25)24(12)9-6-10(19)16(21)11(20)7-9;1-18(2,3)13-8-14(27-23-13)22-17(26)12-4-5-15(25)24(12)9-6-10(19)16(21)11(20)7-9/h5-8,11,15H,9-10,12H2,1-4H3,(H,21,25);5-6,9-10,14H,7-8H2,1-4H3,(H,21,22,25);5-6,9-10,14H,7-8H2,1-4H3,(H,21,25);6-8,12H,4-5H2,1-3H3,(H,22,23,26);6-8,12H,4-5H2,1-3H3,(H,22,26)/t15-;2*14-;2*12-/m00000/s1. The van der Waals surface area contributed by atoms with Gasteiger partial charge in [0.1, 0.15) is 53.4 Å². The van der Waals surface area contributed by atoms with E-state index in [-0.39, 0.29) is 142 Å². The largest absolute Gasteiger partial charge is 0.380 e. The third-order valence-corrected chi connectivity index (χ3v) is 22.0. The molecule has 133 heavy (non-hydrogen) atoms. The van der Waals surface area contributed by atoms with Gasteiger partial charge in [0.15, 0.2) is 46.5 Å². The minimum absolute atomic E-state index is 0.0162. The molecule has 10 aromatic rings. The van der Waals surface area contributed by atoms with E-state index in [2.05, 4.69) is 52.4 Å². The third kappa shape index (κ3) is 24.1. The second-order valence-electron chi connectivity index (χ2n) is 37.6. The number of nitrogens with zero attached hydrogens (tertiary/aromatic N) is 10. The SMILES string of the molecule is CC(C)(C)c1cc(NC(=O)[C@@H]2CCC(=O)N2c2cc(F)c(F)c(F)c2)no1.CC(C)(C)c1cc(NC(=O)[C@@H]2CCC(=O)N2c2cc(F)c(F)c(F)c2)on1.COCc1ccc(N2C(=O)CC[C@H]2C(=O)Nc2cc(C(C)(C)C)no2)cc1.Cc1cc(N2C(=O)CC[C@H]2C(=O)Nc2cc(C(C)(C)C)no2)ccc1F.Cc1cc(N2C(=O)CC[C@H]2C(=O)Nc2cc(C(C)(C)C)on2)ccc1F. The summed E-state index contributed by atoms with van der Waals surface area (Å²) in [6.45, 7) is 33.2. The van der Waals surface area contributed by atoms with Crippen LogP contribution in [0.25, 0.3) is 0 Å². The summed E-state index contributed by atoms with van der Waals surface area (Å²) >= 11 is 0. The van der Waals surface area contributed by atoms with Gasteiger partial charge in [-0.25, -0.2) is 35.1 Å². The van der Waals surface area contributed by atoms with Crippen LogP contribution in [0, 0.1) is 60.4 Å². The predicted molar refractivity (Wildman–Crippen MR) is 474 cm³/mol. The number of hydrogen-bond donors (Lipinski definition) is 5. The minimum atomic E-state index is -1.64. The Hall–Kier alpha value is -13.8. The van der Waals surface area contributed by atoms with Gasteiger partial charge in [-0.05, 0) is 111 Å². The first kappa shape index (κ1) is 99.8. The lowest BCUT2D eigenvalue weighted by Crippen LogP contribution is -2.42. The summed E-state index contributed by atoms with van der Waals surface area (Å²) in [5, 5.41) is 32.7. The van der Waals surface area contributed by atoms with Crippen LogP contribution in [0.15, 0.2) is 138 Å². The van der Waals surface area contributed by atoms with Gasteiger partial charge in [0, 0.05) is 138 Å². The van der Waals surface area contributed by atoms with E-state index in [0.29, 0.717) is 114 Å². The maximum Gasteiger partial charge on any atom is 0.249 e. The van der Waals surface area contributed by atoms with Crippen molar-refractivity contribution in [2.75, 3.05) is 58.2 Å². The van der Waals surface area contributed by atoms with Crippen LogP contribution in [-0.4, -0.2) is 122 Å². The molecule has 5 aromatic heterocycles. The molecular formula is C94H105F8N15O16. The van der Waals surface area contributed by atoms with Crippen LogP contribution in [0.2, 0.25) is 0 Å². The summed E-state index contributed by atoms with van der Waals surface area (Å²) in [7, 11) is 1.63. The van der Waals surface area contributed by atoms with E-state index in [1.165, 1.54) is 34.1 Å². The van der Waals surface area contributed by atoms with E-state index in [0.717, 1.165) is 26.8 Å². The van der Waals surface area contributed by atoms with E-state index in [1.54, 1.807) is 68.3 Å². The van der Waals surface area contributed by atoms with Crippen molar-refractivity contribution in [1.29, 1.82) is 0 Å². The molecule has 0 unspecified atom stereocenters. The zero-order valence-corrected chi connectivity index (χ0v) is 76.7. The van der Waals surface area contributed by atoms with Crippen LogP contribution in [0.1, 0.15) is 213 Å². The Bertz CT molecular complexity index is 5680. The number of methoxy groups -OCH3 is 1. The predicted octanol–water partition coefficient (Wildman–Crippen LogP) is 17.4. The molecule has 5 fully saturated rings. The van der Waals surface area contributed by atoms with E-state index >= 15 is 0 Å². The van der Waals surface area contributed by atoms with Crippen LogP contribution in [0.3, 0.4) is 0 Å². The highest BCUT2D eigenvalue weighted by atomic mass is 19.2. The van der Waals surface area contributed by atoms with Gasteiger partial charge in [-0.2, -0.15) is 0 Å². The molecule has 5 aromatic carbocycles. The Morgan fingerprint density at radius 1 is 0.331 bits per heavy atom. The molecular weight excluding hydrogens is 1750 g/mol. The fourth-order valence-corrected chi connectivity index (χ4v) is 14.6. The van der Waals surface area contributed by atoms with Crippen molar-refractivity contribution in [3.05, 3.63) is 207 Å². The van der Waals surface area contributed by atoms with Crippen LogP contribution < -0.4 is 51.1 Å². The summed E-state index contributed by atoms with van der Waals surface area (Å²) in [4.78, 5) is 131. The summed E-state index contributed by atoms with van der Waals surface area (Å²) in [5.74, 6) is -10.9. The monoisotopic (exact) mass is 1850 g/mol. The summed E-state index contributed by atoms with van der Waals surface area (Å²) < 4.78 is 139. The van der Waals surface area contributed by atoms with Gasteiger partial charge in [0.25, 0.3) is 0 Å². The van der Waals surface area contributed by atoms with Crippen molar-refractivity contribution in [3.63, 3.8) is 0 Å². The van der Waals surface area contributed by atoms with E-state index < -0.39 is 88.7 Å². The third-order valence-electron chi connectivity index (χ3n) is 22.0. The van der Waals surface area contributed by atoms with Crippen molar-refractivity contribution >= 4 is 117 Å². The number of aromatic nitrogens is 5. The number of benzene rings is 5. The Morgan fingerprint density at radius 3 is 0.842 bits per heavy atom. The topological polar surface area (TPSA) is 386 Å². The molecule has 5 aliphatic heterocycles. The lowest BCUT2D eigenvalue weighted by molar-refractivity contribution is -0.120. The van der Waals surface area contributed by atoms with Crippen LogP contribution in [-0.2, 0) is 86.4 Å². The highest BCUT2D eigenvalue weighted by Crippen LogP contribution is 2.38. The molecule has 0 aliphatic carbocycles. The highest BCUT2D eigenvalue weighted by molar-refractivity contribution is 6.11. The first-order chi connectivity index (χ1) is 62.3. The number of hydrogen-bond acceptors (Lipinski definition) is 21. The van der Waals surface area contributed by atoms with Crippen molar-refractivity contribution in [2.45, 2.75) is 246 Å². The van der Waals surface area contributed by atoms with E-state index in [9.17, 15) is 83.1 Å². The zero-order chi connectivity index (χ0) is 97.6. The lowest BCUT2D eigenvalue weighted by Gasteiger charge is -2.24. The smallest absolute Gasteiger partial charge is 0.249 e. The second-order valence-corrected chi connectivity index (χ2v) is 37.6. The molecule has 0 spiro atoms. The van der Waals surface area contributed by atoms with Gasteiger partial charge in [0.2, 0.25) is 76.7 Å². The number of amides is 10. The van der Waals surface area contributed by atoms with Gasteiger partial charge < -0.3 is 38.0 Å². The summed E-state index contributed by atoms with van der Waals surface area (Å²) in [6, 6.07) is 23.3. The van der Waals surface area contributed by atoms with Crippen LogP contribution >= 0.6 is 0 Å². The van der Waals surface area contributed by atoms with Gasteiger partial charge in [0.05, 0.1) is 35.1 Å². The minimum Gasteiger partial charge on any atom is -0.380 e.